The molecular weight excluding hydrogens is 194 g/mol. The first-order valence-corrected chi connectivity index (χ1v) is 4.89. The largest absolute Gasteiger partial charge is 0.488 e. The second-order valence-corrected chi connectivity index (χ2v) is 3.48. The molecule has 1 heterocycles. The van der Waals surface area contributed by atoms with Crippen LogP contribution in [0.4, 0.5) is 0 Å². The van der Waals surface area contributed by atoms with Crippen molar-refractivity contribution in [1.29, 1.82) is 0 Å². The van der Waals surface area contributed by atoms with Crippen molar-refractivity contribution in [3.63, 3.8) is 0 Å². The lowest BCUT2D eigenvalue weighted by Gasteiger charge is -2.16. The van der Waals surface area contributed by atoms with Crippen molar-refractivity contribution in [1.82, 2.24) is 4.98 Å². The summed E-state index contributed by atoms with van der Waals surface area (Å²) in [4.78, 5) is 4.09. The van der Waals surface area contributed by atoms with Crippen LogP contribution in [-0.4, -0.2) is 29.9 Å². The first kappa shape index (κ1) is 11.9. The molecule has 1 unspecified atom stereocenters. The monoisotopic (exact) mass is 211 g/mol. The van der Waals surface area contributed by atoms with Crippen molar-refractivity contribution in [2.75, 3.05) is 13.7 Å². The fourth-order valence-corrected chi connectivity index (χ4v) is 1.28. The Morgan fingerprint density at radius 2 is 2.27 bits per heavy atom. The van der Waals surface area contributed by atoms with Crippen molar-refractivity contribution in [2.45, 2.75) is 26.6 Å². The van der Waals surface area contributed by atoms with Crippen LogP contribution in [0.3, 0.4) is 0 Å². The second kappa shape index (κ2) is 5.68. The van der Waals surface area contributed by atoms with E-state index in [9.17, 15) is 0 Å². The molecule has 1 aromatic heterocycles. The molecule has 0 aromatic carbocycles. The quantitative estimate of drug-likeness (QED) is 0.797. The maximum atomic E-state index is 9.10. The van der Waals surface area contributed by atoms with Crippen molar-refractivity contribution in [2.24, 2.45) is 0 Å². The van der Waals surface area contributed by atoms with Crippen molar-refractivity contribution < 1.29 is 14.6 Å². The van der Waals surface area contributed by atoms with Crippen molar-refractivity contribution in [3.05, 3.63) is 23.5 Å². The summed E-state index contributed by atoms with van der Waals surface area (Å²) in [5, 5.41) is 9.10. The molecule has 0 radical (unpaired) electrons. The molecule has 1 rings (SSSR count). The minimum Gasteiger partial charge on any atom is -0.488 e. The number of hydrogen-bond donors (Lipinski definition) is 1. The smallest absolute Gasteiger partial charge is 0.128 e. The molecule has 4 nitrogen and oxygen atoms in total. The summed E-state index contributed by atoms with van der Waals surface area (Å²) in [5.41, 5.74) is 1.57. The molecule has 15 heavy (non-hydrogen) atoms. The summed E-state index contributed by atoms with van der Waals surface area (Å²) in [6.45, 7) is 4.25. The molecule has 0 bridgehead atoms. The van der Waals surface area contributed by atoms with Crippen LogP contribution in [0.15, 0.2) is 12.3 Å². The van der Waals surface area contributed by atoms with Gasteiger partial charge in [0.15, 0.2) is 0 Å². The topological polar surface area (TPSA) is 51.6 Å². The Hall–Kier alpha value is -1.13. The van der Waals surface area contributed by atoms with Crippen LogP contribution in [0.1, 0.15) is 18.2 Å². The van der Waals surface area contributed by atoms with Crippen LogP contribution in [0.5, 0.6) is 5.75 Å². The maximum Gasteiger partial charge on any atom is 0.128 e. The third kappa shape index (κ3) is 3.49. The first-order chi connectivity index (χ1) is 7.17. The molecule has 0 saturated heterocycles. The van der Waals surface area contributed by atoms with Gasteiger partial charge < -0.3 is 14.6 Å². The first-order valence-electron chi connectivity index (χ1n) is 4.89. The number of methoxy groups -OCH3 is 1. The standard InChI is InChI=1S/C11H17NO3/c1-8-4-11(10(6-13)5-12-8)15-9(2)7-14-3/h4-5,9,13H,6-7H2,1-3H3. The van der Waals surface area contributed by atoms with Crippen LogP contribution in [0.2, 0.25) is 0 Å². The predicted octanol–water partition coefficient (Wildman–Crippen LogP) is 1.30. The number of rotatable bonds is 5. The van der Waals surface area contributed by atoms with Crippen molar-refractivity contribution >= 4 is 0 Å². The molecule has 0 fully saturated rings. The number of aromatic nitrogens is 1. The Kier molecular flexibility index (Phi) is 4.52. The summed E-state index contributed by atoms with van der Waals surface area (Å²) >= 11 is 0. The zero-order chi connectivity index (χ0) is 11.3. The van der Waals surface area contributed by atoms with E-state index in [0.29, 0.717) is 17.9 Å². The lowest BCUT2D eigenvalue weighted by atomic mass is 10.2. The molecule has 0 spiro atoms. The van der Waals surface area contributed by atoms with Gasteiger partial charge in [0.2, 0.25) is 0 Å². The van der Waals surface area contributed by atoms with Gasteiger partial charge in [-0.15, -0.1) is 0 Å². The van der Waals surface area contributed by atoms with Gasteiger partial charge in [-0.2, -0.15) is 0 Å². The maximum absolute atomic E-state index is 9.10. The Morgan fingerprint density at radius 3 is 2.87 bits per heavy atom. The highest BCUT2D eigenvalue weighted by molar-refractivity contribution is 5.32. The zero-order valence-corrected chi connectivity index (χ0v) is 9.36. The Morgan fingerprint density at radius 1 is 1.53 bits per heavy atom. The average molecular weight is 211 g/mol. The highest BCUT2D eigenvalue weighted by Gasteiger charge is 2.08. The van der Waals surface area contributed by atoms with E-state index in [1.165, 1.54) is 0 Å². The summed E-state index contributed by atoms with van der Waals surface area (Å²) in [7, 11) is 1.63. The van der Waals surface area contributed by atoms with E-state index >= 15 is 0 Å². The molecule has 0 aliphatic heterocycles. The van der Waals surface area contributed by atoms with Gasteiger partial charge in [-0.1, -0.05) is 0 Å². The molecule has 84 valence electrons. The lowest BCUT2D eigenvalue weighted by molar-refractivity contribution is 0.0901. The van der Waals surface area contributed by atoms with E-state index in [4.69, 9.17) is 14.6 Å². The van der Waals surface area contributed by atoms with Gasteiger partial charge in [0.1, 0.15) is 11.9 Å². The third-order valence-electron chi connectivity index (χ3n) is 1.98. The van der Waals surface area contributed by atoms with Gasteiger partial charge in [-0.3, -0.25) is 4.98 Å². The van der Waals surface area contributed by atoms with E-state index in [-0.39, 0.29) is 12.7 Å². The fourth-order valence-electron chi connectivity index (χ4n) is 1.28. The minimum atomic E-state index is -0.0671. The average Bonchev–Trinajstić information content (AvgIpc) is 2.18. The molecule has 1 N–H and O–H groups in total. The number of aliphatic hydroxyl groups is 1. The van der Waals surface area contributed by atoms with Gasteiger partial charge in [0.05, 0.1) is 13.2 Å². The van der Waals surface area contributed by atoms with E-state index in [2.05, 4.69) is 4.98 Å². The Balaban J connectivity index is 2.77. The highest BCUT2D eigenvalue weighted by atomic mass is 16.5. The normalized spacial score (nSPS) is 12.5. The molecule has 0 amide bonds. The molecular formula is C11H17NO3. The van der Waals surface area contributed by atoms with Crippen LogP contribution in [0, 0.1) is 6.92 Å². The van der Waals surface area contributed by atoms with E-state index in [1.54, 1.807) is 13.3 Å². The van der Waals surface area contributed by atoms with Gasteiger partial charge in [-0.05, 0) is 13.8 Å². The van der Waals surface area contributed by atoms with Crippen LogP contribution in [0.25, 0.3) is 0 Å². The summed E-state index contributed by atoms with van der Waals surface area (Å²) in [5.74, 6) is 0.676. The fraction of sp³-hybridized carbons (Fsp3) is 0.545. The molecule has 0 aliphatic rings. The van der Waals surface area contributed by atoms with E-state index < -0.39 is 0 Å². The Labute approximate surface area is 89.9 Å². The van der Waals surface area contributed by atoms with Gasteiger partial charge in [-0.25, -0.2) is 0 Å². The minimum absolute atomic E-state index is 0.0397. The van der Waals surface area contributed by atoms with Crippen LogP contribution < -0.4 is 4.74 Å². The van der Waals surface area contributed by atoms with E-state index in [1.807, 2.05) is 19.9 Å². The number of ether oxygens (including phenoxy) is 2. The molecule has 1 aromatic rings. The molecule has 4 heteroatoms. The number of hydrogen-bond acceptors (Lipinski definition) is 4. The molecule has 0 saturated carbocycles. The lowest BCUT2D eigenvalue weighted by Crippen LogP contribution is -2.18. The highest BCUT2D eigenvalue weighted by Crippen LogP contribution is 2.19. The second-order valence-electron chi connectivity index (χ2n) is 3.48. The molecule has 1 atom stereocenters. The SMILES string of the molecule is COCC(C)Oc1cc(C)ncc1CO. The number of aliphatic hydroxyl groups excluding tert-OH is 1. The number of nitrogens with zero attached hydrogens (tertiary/aromatic N) is 1. The zero-order valence-electron chi connectivity index (χ0n) is 9.36. The predicted molar refractivity (Wildman–Crippen MR) is 56.9 cm³/mol. The van der Waals surface area contributed by atoms with Crippen molar-refractivity contribution in [3.8, 4) is 5.75 Å². The number of aryl methyl sites for hydroxylation is 1. The summed E-state index contributed by atoms with van der Waals surface area (Å²) in [6, 6.07) is 1.82. The summed E-state index contributed by atoms with van der Waals surface area (Å²) in [6.07, 6.45) is 1.59. The van der Waals surface area contributed by atoms with Gasteiger partial charge in [0.25, 0.3) is 0 Å². The Bertz CT molecular complexity index is 315. The third-order valence-corrected chi connectivity index (χ3v) is 1.98. The summed E-state index contributed by atoms with van der Waals surface area (Å²) < 4.78 is 10.6. The van der Waals surface area contributed by atoms with Gasteiger partial charge >= 0.3 is 0 Å². The number of pyridine rings is 1. The molecule has 0 aliphatic carbocycles. The van der Waals surface area contributed by atoms with Crippen LogP contribution in [-0.2, 0) is 11.3 Å². The van der Waals surface area contributed by atoms with E-state index in [0.717, 1.165) is 5.69 Å². The van der Waals surface area contributed by atoms with Gasteiger partial charge in [0, 0.05) is 30.6 Å². The van der Waals surface area contributed by atoms with Crippen LogP contribution >= 0.6 is 0 Å².